The maximum absolute atomic E-state index is 13.7. The van der Waals surface area contributed by atoms with Gasteiger partial charge < -0.3 is 4.90 Å². The minimum atomic E-state index is -4.54. The lowest BCUT2D eigenvalue weighted by molar-refractivity contribution is -0.140. The zero-order chi connectivity index (χ0) is 27.7. The molecule has 2 atom stereocenters. The van der Waals surface area contributed by atoms with Crippen molar-refractivity contribution >= 4 is 52.6 Å². The molecule has 2 aromatic carbocycles. The van der Waals surface area contributed by atoms with Gasteiger partial charge in [-0.15, -0.1) is 11.8 Å². The third-order valence-corrected chi connectivity index (χ3v) is 8.52. The molecule has 1 aromatic heterocycles. The molecule has 0 N–H and O–H groups in total. The van der Waals surface area contributed by atoms with Crippen molar-refractivity contribution in [1.82, 2.24) is 14.8 Å². The molecular formula is C27H23Cl2F3N4O2S. The van der Waals surface area contributed by atoms with Gasteiger partial charge in [0.15, 0.2) is 0 Å². The number of carbonyl (C=O) groups is 2. The van der Waals surface area contributed by atoms with Crippen LogP contribution in [0.3, 0.4) is 0 Å². The maximum atomic E-state index is 13.7. The lowest BCUT2D eigenvalue weighted by Crippen LogP contribution is -2.55. The van der Waals surface area contributed by atoms with Gasteiger partial charge in [-0.1, -0.05) is 53.5 Å². The summed E-state index contributed by atoms with van der Waals surface area (Å²) in [6.45, 7) is 1.75. The van der Waals surface area contributed by atoms with Crippen molar-refractivity contribution in [2.45, 2.75) is 28.9 Å². The molecule has 2 fully saturated rings. The van der Waals surface area contributed by atoms with Crippen LogP contribution in [0, 0.1) is 0 Å². The van der Waals surface area contributed by atoms with Crippen molar-refractivity contribution in [1.29, 1.82) is 0 Å². The first kappa shape index (κ1) is 27.8. The second-order valence-corrected chi connectivity index (χ2v) is 11.3. The van der Waals surface area contributed by atoms with Crippen LogP contribution in [0.4, 0.5) is 19.0 Å². The number of benzene rings is 2. The largest absolute Gasteiger partial charge is 0.417 e. The van der Waals surface area contributed by atoms with Gasteiger partial charge in [0.05, 0.1) is 17.1 Å². The van der Waals surface area contributed by atoms with Gasteiger partial charge in [0.25, 0.3) is 0 Å². The van der Waals surface area contributed by atoms with Crippen molar-refractivity contribution in [3.05, 3.63) is 88.0 Å². The number of alkyl halides is 3. The van der Waals surface area contributed by atoms with E-state index in [4.69, 9.17) is 23.2 Å². The molecule has 204 valence electrons. The molecule has 6 nitrogen and oxygen atoms in total. The fourth-order valence-corrected chi connectivity index (χ4v) is 6.40. The van der Waals surface area contributed by atoms with Crippen LogP contribution < -0.4 is 4.90 Å². The normalized spacial score (nSPS) is 20.6. The highest BCUT2D eigenvalue weighted by Crippen LogP contribution is 2.37. The number of aromatic nitrogens is 1. The molecule has 0 unspecified atom stereocenters. The van der Waals surface area contributed by atoms with Gasteiger partial charge >= 0.3 is 6.18 Å². The van der Waals surface area contributed by atoms with Crippen LogP contribution >= 0.6 is 35.0 Å². The van der Waals surface area contributed by atoms with Gasteiger partial charge in [-0.3, -0.25) is 19.4 Å². The number of hydrogen-bond acceptors (Lipinski definition) is 6. The highest BCUT2D eigenvalue weighted by atomic mass is 35.5. The monoisotopic (exact) mass is 594 g/mol. The van der Waals surface area contributed by atoms with E-state index in [-0.39, 0.29) is 29.2 Å². The predicted octanol–water partition coefficient (Wildman–Crippen LogP) is 5.63. The summed E-state index contributed by atoms with van der Waals surface area (Å²) in [5.74, 6) is -0.269. The smallest absolute Gasteiger partial charge is 0.353 e. The van der Waals surface area contributed by atoms with Crippen LogP contribution in [0.1, 0.15) is 11.1 Å². The Hall–Kier alpha value is -2.79. The highest BCUT2D eigenvalue weighted by molar-refractivity contribution is 8.00. The minimum absolute atomic E-state index is 0.0874. The molecule has 0 spiro atoms. The van der Waals surface area contributed by atoms with Crippen molar-refractivity contribution in [2.24, 2.45) is 0 Å². The molecule has 3 aromatic rings. The number of amides is 2. The van der Waals surface area contributed by atoms with E-state index >= 15 is 0 Å². The number of nitrogens with zero attached hydrogens (tertiary/aromatic N) is 4. The molecular weight excluding hydrogens is 572 g/mol. The number of thioether (sulfide) groups is 1. The van der Waals surface area contributed by atoms with Crippen molar-refractivity contribution in [3.63, 3.8) is 0 Å². The summed E-state index contributed by atoms with van der Waals surface area (Å²) in [4.78, 5) is 37.1. The number of likely N-dealkylation sites (tertiary alicyclic amines) is 1. The van der Waals surface area contributed by atoms with Crippen LogP contribution in [0.15, 0.2) is 71.8 Å². The number of pyridine rings is 1. The number of anilines is 1. The lowest BCUT2D eigenvalue weighted by Gasteiger charge is -2.39. The molecule has 5 rings (SSSR count). The second-order valence-electron chi connectivity index (χ2n) is 9.24. The SMILES string of the molecule is O=C1[C@H](Sc2ccc(Cl)cc2)[C@@H](N2CCN(c3ncc(C(F)(F)F)cc3Cl)CC2)C(=O)N1Cc1ccccc1. The average molecular weight is 595 g/mol. The van der Waals surface area contributed by atoms with Crippen LogP contribution in [-0.4, -0.2) is 64.1 Å². The Morgan fingerprint density at radius 2 is 1.59 bits per heavy atom. The summed E-state index contributed by atoms with van der Waals surface area (Å²) in [5, 5.41) is -0.181. The summed E-state index contributed by atoms with van der Waals surface area (Å²) < 4.78 is 39.1. The number of halogens is 5. The van der Waals surface area contributed by atoms with E-state index in [2.05, 4.69) is 4.98 Å². The third kappa shape index (κ3) is 6.04. The molecule has 2 aliphatic rings. The van der Waals surface area contributed by atoms with E-state index in [9.17, 15) is 22.8 Å². The number of rotatable bonds is 6. The van der Waals surface area contributed by atoms with E-state index in [0.717, 1.165) is 22.7 Å². The molecule has 0 radical (unpaired) electrons. The molecule has 0 saturated carbocycles. The molecule has 2 aliphatic heterocycles. The topological polar surface area (TPSA) is 56.8 Å². The molecule has 12 heteroatoms. The molecule has 3 heterocycles. The lowest BCUT2D eigenvalue weighted by atomic mass is 10.1. The zero-order valence-corrected chi connectivity index (χ0v) is 22.8. The fraction of sp³-hybridized carbons (Fsp3) is 0.296. The van der Waals surface area contributed by atoms with Gasteiger partial charge in [0.2, 0.25) is 11.8 Å². The molecule has 2 saturated heterocycles. The number of imide groups is 1. The summed E-state index contributed by atoms with van der Waals surface area (Å²) >= 11 is 13.5. The Balaban J connectivity index is 1.35. The predicted molar refractivity (Wildman–Crippen MR) is 145 cm³/mol. The zero-order valence-electron chi connectivity index (χ0n) is 20.4. The summed E-state index contributed by atoms with van der Waals surface area (Å²) in [7, 11) is 0. The quantitative estimate of drug-likeness (QED) is 0.345. The van der Waals surface area contributed by atoms with E-state index in [1.165, 1.54) is 16.7 Å². The molecule has 0 bridgehead atoms. The van der Waals surface area contributed by atoms with E-state index in [1.807, 2.05) is 47.4 Å². The fourth-order valence-electron chi connectivity index (χ4n) is 4.76. The summed E-state index contributed by atoms with van der Waals surface area (Å²) in [5.41, 5.74) is -0.0616. The maximum Gasteiger partial charge on any atom is 0.417 e. The first-order chi connectivity index (χ1) is 18.6. The van der Waals surface area contributed by atoms with Gasteiger partial charge in [-0.25, -0.2) is 4.98 Å². The Labute approximate surface area is 237 Å². The van der Waals surface area contributed by atoms with E-state index < -0.39 is 23.0 Å². The Morgan fingerprint density at radius 3 is 2.21 bits per heavy atom. The molecule has 39 heavy (non-hydrogen) atoms. The second kappa shape index (κ2) is 11.4. The Kier molecular flexibility index (Phi) is 8.09. The van der Waals surface area contributed by atoms with Crippen LogP contribution in [-0.2, 0) is 22.3 Å². The van der Waals surface area contributed by atoms with Crippen molar-refractivity contribution in [3.8, 4) is 0 Å². The number of piperazine rings is 1. The first-order valence-corrected chi connectivity index (χ1v) is 13.8. The van der Waals surface area contributed by atoms with Crippen LogP contribution in [0.25, 0.3) is 0 Å². The number of hydrogen-bond donors (Lipinski definition) is 0. The molecule has 0 aliphatic carbocycles. The van der Waals surface area contributed by atoms with Crippen LogP contribution in [0.5, 0.6) is 0 Å². The van der Waals surface area contributed by atoms with E-state index in [1.54, 1.807) is 17.0 Å². The Morgan fingerprint density at radius 1 is 0.923 bits per heavy atom. The summed E-state index contributed by atoms with van der Waals surface area (Å²) in [6, 6.07) is 16.6. The highest BCUT2D eigenvalue weighted by Gasteiger charge is 2.51. The van der Waals surface area contributed by atoms with E-state index in [0.29, 0.717) is 31.2 Å². The van der Waals surface area contributed by atoms with Gasteiger partial charge in [-0.2, -0.15) is 13.2 Å². The van der Waals surface area contributed by atoms with Crippen LogP contribution in [0.2, 0.25) is 10.0 Å². The minimum Gasteiger partial charge on any atom is -0.353 e. The number of carbonyl (C=O) groups excluding carboxylic acids is 2. The van der Waals surface area contributed by atoms with Crippen molar-refractivity contribution < 1.29 is 22.8 Å². The third-order valence-electron chi connectivity index (χ3n) is 6.73. The van der Waals surface area contributed by atoms with Gasteiger partial charge in [0, 0.05) is 42.3 Å². The summed E-state index contributed by atoms with van der Waals surface area (Å²) in [6.07, 6.45) is -3.77. The average Bonchev–Trinajstić information content (AvgIpc) is 3.14. The van der Waals surface area contributed by atoms with Crippen molar-refractivity contribution in [2.75, 3.05) is 31.1 Å². The van der Waals surface area contributed by atoms with Gasteiger partial charge in [-0.05, 0) is 35.9 Å². The molecule has 2 amide bonds. The first-order valence-electron chi connectivity index (χ1n) is 12.1. The Bertz CT molecular complexity index is 1350. The van der Waals surface area contributed by atoms with Gasteiger partial charge in [0.1, 0.15) is 17.1 Å². The standard InChI is InChI=1S/C27H23Cl2F3N4O2S/c28-19-6-8-20(9-7-19)39-23-22(25(37)36(26(23)38)16-17-4-2-1-3-5-17)34-10-12-35(13-11-34)24-21(29)14-18(15-33-24)27(30,31)32/h1-9,14-15,22-23H,10-13,16H2/t22-,23-/m1/s1.